The molecule has 1 atom stereocenters. The summed E-state index contributed by atoms with van der Waals surface area (Å²) in [6, 6.07) is 12.5. The van der Waals surface area contributed by atoms with Gasteiger partial charge >= 0.3 is 0 Å². The van der Waals surface area contributed by atoms with Crippen molar-refractivity contribution in [3.8, 4) is 5.69 Å². The van der Waals surface area contributed by atoms with Gasteiger partial charge in [0.05, 0.1) is 17.5 Å². The van der Waals surface area contributed by atoms with Crippen LogP contribution in [0.4, 0.5) is 0 Å². The van der Waals surface area contributed by atoms with Crippen molar-refractivity contribution in [2.45, 2.75) is 39.5 Å². The van der Waals surface area contributed by atoms with E-state index in [1.165, 1.54) is 0 Å². The first-order chi connectivity index (χ1) is 9.56. The van der Waals surface area contributed by atoms with Crippen LogP contribution < -0.4 is 0 Å². The molecule has 0 spiro atoms. The summed E-state index contributed by atoms with van der Waals surface area (Å²) < 4.78 is 1.89. The summed E-state index contributed by atoms with van der Waals surface area (Å²) in [6.45, 7) is 7.50. The fourth-order valence-electron chi connectivity index (χ4n) is 2.18. The Balaban J connectivity index is 2.08. The van der Waals surface area contributed by atoms with Crippen molar-refractivity contribution >= 4 is 0 Å². The Morgan fingerprint density at radius 1 is 1.15 bits per heavy atom. The van der Waals surface area contributed by atoms with Crippen LogP contribution in [-0.2, 0) is 6.54 Å². The Hall–Kier alpha value is -1.65. The molecule has 0 aliphatic carbocycles. The van der Waals surface area contributed by atoms with Gasteiger partial charge in [0.15, 0.2) is 0 Å². The summed E-state index contributed by atoms with van der Waals surface area (Å²) in [5, 5.41) is 14.2. The van der Waals surface area contributed by atoms with Crippen LogP contribution in [0.15, 0.2) is 42.6 Å². The molecule has 0 radical (unpaired) electrons. The molecule has 0 saturated heterocycles. The summed E-state index contributed by atoms with van der Waals surface area (Å²) in [6.07, 6.45) is 1.65. The average Bonchev–Trinajstić information content (AvgIpc) is 2.87. The van der Waals surface area contributed by atoms with Crippen LogP contribution in [0, 0.1) is 0 Å². The lowest BCUT2D eigenvalue weighted by Gasteiger charge is -2.26. The van der Waals surface area contributed by atoms with Crippen molar-refractivity contribution in [1.29, 1.82) is 0 Å². The normalized spacial score (nSPS) is 13.1. The zero-order valence-electron chi connectivity index (χ0n) is 12.4. The second-order valence-corrected chi connectivity index (χ2v) is 5.46. The number of hydrogen-bond donors (Lipinski definition) is 1. The Bertz CT molecular complexity index is 520. The minimum absolute atomic E-state index is 0.325. The lowest BCUT2D eigenvalue weighted by Crippen LogP contribution is -2.36. The Morgan fingerprint density at radius 3 is 2.45 bits per heavy atom. The monoisotopic (exact) mass is 273 g/mol. The standard InChI is InChI=1S/C16H23N3O/c1-13(2)18(11-14(3)20)12-15-9-10-19(17-15)16-7-5-4-6-8-16/h4-10,13-14,20H,11-12H2,1-3H3. The molecule has 1 aromatic carbocycles. The lowest BCUT2D eigenvalue weighted by atomic mass is 10.2. The van der Waals surface area contributed by atoms with E-state index in [2.05, 4.69) is 23.8 Å². The summed E-state index contributed by atoms with van der Waals surface area (Å²) in [7, 11) is 0. The number of benzene rings is 1. The van der Waals surface area contributed by atoms with Gasteiger partial charge in [0.25, 0.3) is 0 Å². The van der Waals surface area contributed by atoms with Crippen molar-refractivity contribution in [3.63, 3.8) is 0 Å². The van der Waals surface area contributed by atoms with E-state index in [4.69, 9.17) is 0 Å². The van der Waals surface area contributed by atoms with Gasteiger partial charge in [0, 0.05) is 25.3 Å². The fourth-order valence-corrected chi connectivity index (χ4v) is 2.18. The summed E-state index contributed by atoms with van der Waals surface area (Å²) in [5.74, 6) is 0. The van der Waals surface area contributed by atoms with E-state index in [0.717, 1.165) is 17.9 Å². The van der Waals surface area contributed by atoms with Gasteiger partial charge in [0.2, 0.25) is 0 Å². The molecule has 2 rings (SSSR count). The van der Waals surface area contributed by atoms with E-state index in [-0.39, 0.29) is 6.10 Å². The van der Waals surface area contributed by atoms with Crippen LogP contribution in [-0.4, -0.2) is 38.5 Å². The molecule has 4 nitrogen and oxygen atoms in total. The van der Waals surface area contributed by atoms with Crippen LogP contribution in [0.25, 0.3) is 5.69 Å². The second-order valence-electron chi connectivity index (χ2n) is 5.46. The molecule has 20 heavy (non-hydrogen) atoms. The van der Waals surface area contributed by atoms with Crippen molar-refractivity contribution in [3.05, 3.63) is 48.3 Å². The zero-order valence-corrected chi connectivity index (χ0v) is 12.4. The number of aliphatic hydroxyl groups is 1. The van der Waals surface area contributed by atoms with Gasteiger partial charge in [-0.05, 0) is 39.0 Å². The van der Waals surface area contributed by atoms with Gasteiger partial charge in [-0.15, -0.1) is 0 Å². The number of nitrogens with zero attached hydrogens (tertiary/aromatic N) is 3. The van der Waals surface area contributed by atoms with Gasteiger partial charge in [-0.1, -0.05) is 18.2 Å². The van der Waals surface area contributed by atoms with Gasteiger partial charge in [-0.2, -0.15) is 5.10 Å². The zero-order chi connectivity index (χ0) is 14.5. The highest BCUT2D eigenvalue weighted by atomic mass is 16.3. The third kappa shape index (κ3) is 3.92. The maximum absolute atomic E-state index is 9.57. The van der Waals surface area contributed by atoms with E-state index < -0.39 is 0 Å². The van der Waals surface area contributed by atoms with Crippen molar-refractivity contribution in [2.75, 3.05) is 6.54 Å². The summed E-state index contributed by atoms with van der Waals surface area (Å²) >= 11 is 0. The van der Waals surface area contributed by atoms with E-state index in [1.807, 2.05) is 54.2 Å². The molecule has 2 aromatic rings. The third-order valence-electron chi connectivity index (χ3n) is 3.26. The second kappa shape index (κ2) is 6.68. The van der Waals surface area contributed by atoms with Gasteiger partial charge in [0.1, 0.15) is 0 Å². The lowest BCUT2D eigenvalue weighted by molar-refractivity contribution is 0.102. The molecular weight excluding hydrogens is 250 g/mol. The van der Waals surface area contributed by atoms with Crippen LogP contribution in [0.3, 0.4) is 0 Å². The number of aliphatic hydroxyl groups excluding tert-OH is 1. The number of aromatic nitrogens is 2. The van der Waals surface area contributed by atoms with Crippen LogP contribution in [0.1, 0.15) is 26.5 Å². The smallest absolute Gasteiger partial charge is 0.0769 e. The highest BCUT2D eigenvalue weighted by Gasteiger charge is 2.14. The molecule has 1 aromatic heterocycles. The summed E-state index contributed by atoms with van der Waals surface area (Å²) in [4.78, 5) is 2.22. The molecule has 0 bridgehead atoms. The Labute approximate surface area is 120 Å². The molecule has 0 aliphatic rings. The van der Waals surface area contributed by atoms with Gasteiger partial charge in [-0.3, -0.25) is 4.90 Å². The molecular formula is C16H23N3O. The molecule has 108 valence electrons. The fraction of sp³-hybridized carbons (Fsp3) is 0.438. The summed E-state index contributed by atoms with van der Waals surface area (Å²) in [5.41, 5.74) is 2.08. The molecule has 0 amide bonds. The van der Waals surface area contributed by atoms with Crippen LogP contribution in [0.2, 0.25) is 0 Å². The first-order valence-electron chi connectivity index (χ1n) is 7.08. The average molecular weight is 273 g/mol. The highest BCUT2D eigenvalue weighted by Crippen LogP contribution is 2.10. The molecule has 1 unspecified atom stereocenters. The third-order valence-corrected chi connectivity index (χ3v) is 3.26. The van der Waals surface area contributed by atoms with E-state index in [9.17, 15) is 5.11 Å². The van der Waals surface area contributed by atoms with Crippen molar-refractivity contribution in [1.82, 2.24) is 14.7 Å². The quantitative estimate of drug-likeness (QED) is 0.879. The predicted molar refractivity (Wildman–Crippen MR) is 80.8 cm³/mol. The van der Waals surface area contributed by atoms with Crippen molar-refractivity contribution in [2.24, 2.45) is 0 Å². The number of rotatable bonds is 6. The predicted octanol–water partition coefficient (Wildman–Crippen LogP) is 2.46. The van der Waals surface area contributed by atoms with E-state index in [1.54, 1.807) is 0 Å². The van der Waals surface area contributed by atoms with E-state index >= 15 is 0 Å². The maximum Gasteiger partial charge on any atom is 0.0769 e. The minimum Gasteiger partial charge on any atom is -0.392 e. The largest absolute Gasteiger partial charge is 0.392 e. The first kappa shape index (κ1) is 14.8. The van der Waals surface area contributed by atoms with Crippen LogP contribution >= 0.6 is 0 Å². The molecule has 0 fully saturated rings. The SMILES string of the molecule is CC(O)CN(Cc1ccn(-c2ccccc2)n1)C(C)C. The molecule has 4 heteroatoms. The molecule has 1 N–H and O–H groups in total. The first-order valence-corrected chi connectivity index (χ1v) is 7.08. The van der Waals surface area contributed by atoms with Crippen molar-refractivity contribution < 1.29 is 5.11 Å². The van der Waals surface area contributed by atoms with Gasteiger partial charge < -0.3 is 5.11 Å². The van der Waals surface area contributed by atoms with E-state index in [0.29, 0.717) is 12.6 Å². The Kier molecular flexibility index (Phi) is 4.93. The number of para-hydroxylation sites is 1. The minimum atomic E-state index is -0.325. The molecule has 0 aliphatic heterocycles. The van der Waals surface area contributed by atoms with Crippen LogP contribution in [0.5, 0.6) is 0 Å². The maximum atomic E-state index is 9.57. The number of hydrogen-bond acceptors (Lipinski definition) is 3. The molecule has 1 heterocycles. The molecule has 0 saturated carbocycles. The highest BCUT2D eigenvalue weighted by molar-refractivity contribution is 5.30. The topological polar surface area (TPSA) is 41.3 Å². The Morgan fingerprint density at radius 2 is 1.85 bits per heavy atom. The van der Waals surface area contributed by atoms with Gasteiger partial charge in [-0.25, -0.2) is 4.68 Å².